The number of nitrogens with two attached hydrogens (primary N) is 1. The molecule has 0 bridgehead atoms. The number of aromatic carboxylic acids is 1. The van der Waals surface area contributed by atoms with E-state index in [9.17, 15) is 9.59 Å². The van der Waals surface area contributed by atoms with Gasteiger partial charge in [-0.05, 0) is 35.9 Å². The van der Waals surface area contributed by atoms with Crippen molar-refractivity contribution in [2.75, 3.05) is 0 Å². The number of carbonyl (C=O) groups excluding carboxylic acids is 1. The van der Waals surface area contributed by atoms with Gasteiger partial charge in [0.05, 0.1) is 5.56 Å². The molecule has 0 spiro atoms. The van der Waals surface area contributed by atoms with E-state index in [1.165, 1.54) is 17.4 Å². The number of primary amides is 1. The first kappa shape index (κ1) is 13.0. The van der Waals surface area contributed by atoms with Gasteiger partial charge in [-0.15, -0.1) is 11.3 Å². The molecule has 5 heteroatoms. The monoisotopic (exact) mass is 273 g/mol. The first-order valence-electron chi connectivity index (χ1n) is 5.47. The molecule has 1 amide bonds. The molecule has 4 nitrogen and oxygen atoms in total. The van der Waals surface area contributed by atoms with Gasteiger partial charge in [-0.1, -0.05) is 12.1 Å². The van der Waals surface area contributed by atoms with Gasteiger partial charge in [-0.3, -0.25) is 4.79 Å². The van der Waals surface area contributed by atoms with E-state index in [0.717, 1.165) is 15.3 Å². The van der Waals surface area contributed by atoms with E-state index in [1.807, 2.05) is 12.1 Å². The average molecular weight is 273 g/mol. The molecule has 2 rings (SSSR count). The van der Waals surface area contributed by atoms with Crippen LogP contribution in [0.5, 0.6) is 0 Å². The lowest BCUT2D eigenvalue weighted by Crippen LogP contribution is -2.04. The number of rotatable bonds is 4. The summed E-state index contributed by atoms with van der Waals surface area (Å²) in [5.74, 6) is -1.43. The molecule has 0 atom stereocenters. The molecule has 0 saturated carbocycles. The summed E-state index contributed by atoms with van der Waals surface area (Å²) in [4.78, 5) is 23.3. The molecule has 0 unspecified atom stereocenters. The van der Waals surface area contributed by atoms with Crippen LogP contribution >= 0.6 is 11.3 Å². The SMILES string of the molecule is NC(=O)/C=C\c1ccc(-c2ccc(C(=O)O)cc2)s1. The molecular weight excluding hydrogens is 262 g/mol. The van der Waals surface area contributed by atoms with Gasteiger partial charge in [0, 0.05) is 15.8 Å². The third kappa shape index (κ3) is 3.29. The minimum atomic E-state index is -0.942. The zero-order chi connectivity index (χ0) is 13.8. The molecule has 0 radical (unpaired) electrons. The summed E-state index contributed by atoms with van der Waals surface area (Å²) >= 11 is 1.50. The third-order valence-electron chi connectivity index (χ3n) is 2.46. The van der Waals surface area contributed by atoms with Crippen LogP contribution in [0.4, 0.5) is 0 Å². The maximum atomic E-state index is 10.8. The molecule has 0 aliphatic carbocycles. The van der Waals surface area contributed by atoms with Crippen molar-refractivity contribution in [2.45, 2.75) is 0 Å². The molecule has 0 fully saturated rings. The summed E-state index contributed by atoms with van der Waals surface area (Å²) in [5.41, 5.74) is 6.22. The Morgan fingerprint density at radius 2 is 1.79 bits per heavy atom. The predicted octanol–water partition coefficient (Wildman–Crippen LogP) is 2.61. The van der Waals surface area contributed by atoms with Crippen LogP contribution in [0.1, 0.15) is 15.2 Å². The molecule has 96 valence electrons. The van der Waals surface area contributed by atoms with Gasteiger partial charge in [-0.2, -0.15) is 0 Å². The Bertz CT molecular complexity index is 641. The third-order valence-corrected chi connectivity index (χ3v) is 3.55. The summed E-state index contributed by atoms with van der Waals surface area (Å²) in [5, 5.41) is 8.82. The topological polar surface area (TPSA) is 80.4 Å². The summed E-state index contributed by atoms with van der Waals surface area (Å²) in [6.07, 6.45) is 2.96. The standard InChI is InChI=1S/C14H11NO3S/c15-13(16)8-6-11-5-7-12(19-11)9-1-3-10(4-2-9)14(17)18/h1-8H,(H2,15,16)(H,17,18)/b8-6-. The zero-order valence-electron chi connectivity index (χ0n) is 9.87. The van der Waals surface area contributed by atoms with Crippen LogP contribution in [0, 0.1) is 0 Å². The average Bonchev–Trinajstić information content (AvgIpc) is 2.85. The summed E-state index contributed by atoms with van der Waals surface area (Å²) in [6, 6.07) is 10.5. The lowest BCUT2D eigenvalue weighted by molar-refractivity contribution is -0.113. The lowest BCUT2D eigenvalue weighted by Gasteiger charge is -1.98. The van der Waals surface area contributed by atoms with Crippen molar-refractivity contribution in [3.05, 3.63) is 52.9 Å². The number of amides is 1. The first-order chi connectivity index (χ1) is 9.06. The normalized spacial score (nSPS) is 10.7. The van der Waals surface area contributed by atoms with Crippen LogP contribution < -0.4 is 5.73 Å². The molecule has 1 aromatic heterocycles. The van der Waals surface area contributed by atoms with E-state index in [-0.39, 0.29) is 5.56 Å². The van der Waals surface area contributed by atoms with Crippen LogP contribution in [0.2, 0.25) is 0 Å². The molecule has 1 heterocycles. The lowest BCUT2D eigenvalue weighted by atomic mass is 10.1. The van der Waals surface area contributed by atoms with Crippen LogP contribution in [0.3, 0.4) is 0 Å². The molecule has 3 N–H and O–H groups in total. The Labute approximate surface area is 113 Å². The fourth-order valence-corrected chi connectivity index (χ4v) is 2.46. The van der Waals surface area contributed by atoms with Crippen LogP contribution in [0.15, 0.2) is 42.5 Å². The quantitative estimate of drug-likeness (QED) is 0.840. The predicted molar refractivity (Wildman–Crippen MR) is 74.9 cm³/mol. The van der Waals surface area contributed by atoms with Crippen LogP contribution in [-0.4, -0.2) is 17.0 Å². The number of carbonyl (C=O) groups is 2. The van der Waals surface area contributed by atoms with Crippen molar-refractivity contribution in [1.82, 2.24) is 0 Å². The van der Waals surface area contributed by atoms with E-state index in [4.69, 9.17) is 10.8 Å². The number of carboxylic acids is 1. The van der Waals surface area contributed by atoms with Crippen LogP contribution in [0.25, 0.3) is 16.5 Å². The Hall–Kier alpha value is -2.40. The highest BCUT2D eigenvalue weighted by Gasteiger charge is 2.04. The second-order valence-corrected chi connectivity index (χ2v) is 4.94. The Balaban J connectivity index is 2.23. The molecule has 19 heavy (non-hydrogen) atoms. The fraction of sp³-hybridized carbons (Fsp3) is 0. The molecular formula is C14H11NO3S. The van der Waals surface area contributed by atoms with Gasteiger partial charge in [0.15, 0.2) is 0 Å². The van der Waals surface area contributed by atoms with E-state index >= 15 is 0 Å². The molecule has 0 aliphatic heterocycles. The number of hydrogen-bond acceptors (Lipinski definition) is 3. The van der Waals surface area contributed by atoms with Crippen LogP contribution in [-0.2, 0) is 4.79 Å². The highest BCUT2D eigenvalue weighted by atomic mass is 32.1. The molecule has 2 aromatic rings. The van der Waals surface area contributed by atoms with Crippen molar-refractivity contribution in [3.63, 3.8) is 0 Å². The smallest absolute Gasteiger partial charge is 0.335 e. The Morgan fingerprint density at radius 1 is 1.11 bits per heavy atom. The van der Waals surface area contributed by atoms with Gasteiger partial charge in [-0.25, -0.2) is 4.79 Å². The fourth-order valence-electron chi connectivity index (χ4n) is 1.54. The van der Waals surface area contributed by atoms with Gasteiger partial charge < -0.3 is 10.8 Å². The highest BCUT2D eigenvalue weighted by Crippen LogP contribution is 2.29. The summed E-state index contributed by atoms with van der Waals surface area (Å²) in [6.45, 7) is 0. The van der Waals surface area contributed by atoms with E-state index in [2.05, 4.69) is 0 Å². The largest absolute Gasteiger partial charge is 0.478 e. The molecule has 0 aliphatic rings. The van der Waals surface area contributed by atoms with Gasteiger partial charge >= 0.3 is 5.97 Å². The number of hydrogen-bond donors (Lipinski definition) is 2. The van der Waals surface area contributed by atoms with Crippen molar-refractivity contribution < 1.29 is 14.7 Å². The Morgan fingerprint density at radius 3 is 2.37 bits per heavy atom. The van der Waals surface area contributed by atoms with Gasteiger partial charge in [0.1, 0.15) is 0 Å². The van der Waals surface area contributed by atoms with E-state index < -0.39 is 11.9 Å². The summed E-state index contributed by atoms with van der Waals surface area (Å²) < 4.78 is 0. The van der Waals surface area contributed by atoms with Gasteiger partial charge in [0.25, 0.3) is 0 Å². The highest BCUT2D eigenvalue weighted by molar-refractivity contribution is 7.16. The van der Waals surface area contributed by atoms with Crippen molar-refractivity contribution in [1.29, 1.82) is 0 Å². The first-order valence-corrected chi connectivity index (χ1v) is 6.29. The van der Waals surface area contributed by atoms with E-state index in [0.29, 0.717) is 0 Å². The van der Waals surface area contributed by atoms with Crippen molar-refractivity contribution >= 4 is 29.3 Å². The zero-order valence-corrected chi connectivity index (χ0v) is 10.7. The number of carboxylic acid groups (broad SMARTS) is 1. The maximum absolute atomic E-state index is 10.8. The summed E-state index contributed by atoms with van der Waals surface area (Å²) in [7, 11) is 0. The number of thiophene rings is 1. The minimum Gasteiger partial charge on any atom is -0.478 e. The maximum Gasteiger partial charge on any atom is 0.335 e. The van der Waals surface area contributed by atoms with Crippen molar-refractivity contribution in [2.24, 2.45) is 5.73 Å². The molecule has 0 saturated heterocycles. The second-order valence-electron chi connectivity index (χ2n) is 3.82. The Kier molecular flexibility index (Phi) is 3.77. The molecule has 1 aromatic carbocycles. The van der Waals surface area contributed by atoms with E-state index in [1.54, 1.807) is 30.3 Å². The minimum absolute atomic E-state index is 0.258. The van der Waals surface area contributed by atoms with Gasteiger partial charge in [0.2, 0.25) is 5.91 Å². The number of benzene rings is 1. The van der Waals surface area contributed by atoms with Crippen molar-refractivity contribution in [3.8, 4) is 10.4 Å². The second kappa shape index (κ2) is 5.49.